The molecule has 0 amide bonds. The van der Waals surface area contributed by atoms with Gasteiger partial charge in [0, 0.05) is 26.1 Å². The van der Waals surface area contributed by atoms with E-state index in [1.807, 2.05) is 0 Å². The molecule has 0 aromatic heterocycles. The molecule has 0 heterocycles. The molecule has 0 aromatic rings. The summed E-state index contributed by atoms with van der Waals surface area (Å²) >= 11 is 0. The fraction of sp³-hybridized carbons (Fsp3) is 0.720. The largest absolute Gasteiger partial charge is 0.466 e. The van der Waals surface area contributed by atoms with Crippen LogP contribution in [-0.2, 0) is 14.3 Å². The molecule has 0 spiro atoms. The third kappa shape index (κ3) is 22.7. The fourth-order valence-electron chi connectivity index (χ4n) is 2.63. The second-order valence-corrected chi connectivity index (χ2v) is 7.23. The van der Waals surface area contributed by atoms with Gasteiger partial charge < -0.3 is 9.47 Å². The van der Waals surface area contributed by atoms with Crippen LogP contribution in [0.3, 0.4) is 0 Å². The van der Waals surface area contributed by atoms with E-state index in [0.717, 1.165) is 45.1 Å². The number of esters is 1. The lowest BCUT2D eigenvalue weighted by atomic mass is 10.1. The zero-order valence-electron chi connectivity index (χ0n) is 18.5. The van der Waals surface area contributed by atoms with E-state index in [9.17, 15) is 4.79 Å². The summed E-state index contributed by atoms with van der Waals surface area (Å²) in [4.78, 5) is 11.6. The van der Waals surface area contributed by atoms with Crippen molar-refractivity contribution >= 4 is 5.97 Å². The van der Waals surface area contributed by atoms with Crippen LogP contribution in [0.25, 0.3) is 0 Å². The first-order valence-electron chi connectivity index (χ1n) is 11.5. The Morgan fingerprint density at radius 1 is 0.643 bits per heavy atom. The number of carbonyl (C=O) groups excluding carboxylic acids is 1. The number of hydrogen-bond acceptors (Lipinski definition) is 3. The molecule has 0 aliphatic carbocycles. The van der Waals surface area contributed by atoms with E-state index >= 15 is 0 Å². The predicted octanol–water partition coefficient (Wildman–Crippen LogP) is 7.33. The molecule has 0 rings (SSSR count). The highest BCUT2D eigenvalue weighted by Gasteiger charge is 2.02. The van der Waals surface area contributed by atoms with Gasteiger partial charge in [0.15, 0.2) is 0 Å². The molecule has 0 saturated carbocycles. The number of rotatable bonds is 20. The fourth-order valence-corrected chi connectivity index (χ4v) is 2.63. The first-order chi connectivity index (χ1) is 13.8. The number of hydrogen-bond donors (Lipinski definition) is 0. The van der Waals surface area contributed by atoms with Gasteiger partial charge in [-0.15, -0.1) is 0 Å². The van der Waals surface area contributed by atoms with Crippen LogP contribution in [0.1, 0.15) is 97.3 Å². The number of ether oxygens (including phenoxy) is 2. The zero-order chi connectivity index (χ0) is 20.5. The van der Waals surface area contributed by atoms with Crippen molar-refractivity contribution in [3.8, 4) is 0 Å². The van der Waals surface area contributed by atoms with Gasteiger partial charge in [0.1, 0.15) is 0 Å². The highest BCUT2D eigenvalue weighted by Crippen LogP contribution is 2.08. The Labute approximate surface area is 174 Å². The van der Waals surface area contributed by atoms with Gasteiger partial charge >= 0.3 is 5.97 Å². The molecular formula is C25H44O3. The minimum absolute atomic E-state index is 0.0629. The third-order valence-electron chi connectivity index (χ3n) is 4.42. The average Bonchev–Trinajstić information content (AvgIpc) is 2.70. The van der Waals surface area contributed by atoms with Crippen LogP contribution < -0.4 is 0 Å². The number of carbonyl (C=O) groups is 1. The maximum absolute atomic E-state index is 11.6. The SMILES string of the molecule is CCCCC=CC=CC=CCCCCCCCC(=O)OCCCOCCCC. The summed E-state index contributed by atoms with van der Waals surface area (Å²) < 4.78 is 10.7. The Hall–Kier alpha value is -1.35. The Balaban J connectivity index is 3.31. The average molecular weight is 393 g/mol. The van der Waals surface area contributed by atoms with Crippen LogP contribution in [-0.4, -0.2) is 25.8 Å². The van der Waals surface area contributed by atoms with Crippen molar-refractivity contribution in [3.05, 3.63) is 36.5 Å². The molecule has 0 aliphatic heterocycles. The van der Waals surface area contributed by atoms with E-state index in [1.54, 1.807) is 0 Å². The lowest BCUT2D eigenvalue weighted by Gasteiger charge is -2.05. The van der Waals surface area contributed by atoms with Gasteiger partial charge in [-0.25, -0.2) is 0 Å². The standard InChI is InChI=1S/C25H44O3/c1-3-5-7-8-9-10-11-12-13-14-15-16-17-18-19-21-25(26)28-24-20-23-27-22-6-4-2/h8-13H,3-7,14-24H2,1-2H3. The third-order valence-corrected chi connectivity index (χ3v) is 4.42. The van der Waals surface area contributed by atoms with Crippen LogP contribution in [0.2, 0.25) is 0 Å². The summed E-state index contributed by atoms with van der Waals surface area (Å²) in [7, 11) is 0. The van der Waals surface area contributed by atoms with Crippen LogP contribution in [0.5, 0.6) is 0 Å². The Morgan fingerprint density at radius 3 is 1.96 bits per heavy atom. The summed E-state index contributed by atoms with van der Waals surface area (Å²) in [6.07, 6.45) is 27.1. The molecule has 0 atom stereocenters. The highest BCUT2D eigenvalue weighted by atomic mass is 16.5. The smallest absolute Gasteiger partial charge is 0.305 e. The normalized spacial score (nSPS) is 11.9. The highest BCUT2D eigenvalue weighted by molar-refractivity contribution is 5.69. The van der Waals surface area contributed by atoms with E-state index < -0.39 is 0 Å². The zero-order valence-corrected chi connectivity index (χ0v) is 18.5. The Kier molecular flexibility index (Phi) is 22.5. The molecule has 0 aromatic carbocycles. The maximum Gasteiger partial charge on any atom is 0.305 e. The molecule has 28 heavy (non-hydrogen) atoms. The molecule has 162 valence electrons. The molecule has 3 nitrogen and oxygen atoms in total. The topological polar surface area (TPSA) is 35.5 Å². The first kappa shape index (κ1) is 26.6. The van der Waals surface area contributed by atoms with Gasteiger partial charge in [0.05, 0.1) is 6.61 Å². The van der Waals surface area contributed by atoms with Crippen molar-refractivity contribution < 1.29 is 14.3 Å². The molecule has 0 radical (unpaired) electrons. The van der Waals surface area contributed by atoms with Crippen molar-refractivity contribution in [1.82, 2.24) is 0 Å². The van der Waals surface area contributed by atoms with Gasteiger partial charge in [-0.1, -0.05) is 88.8 Å². The van der Waals surface area contributed by atoms with E-state index in [-0.39, 0.29) is 5.97 Å². The Morgan fingerprint density at radius 2 is 1.25 bits per heavy atom. The monoisotopic (exact) mass is 392 g/mol. The maximum atomic E-state index is 11.6. The summed E-state index contributed by atoms with van der Waals surface area (Å²) in [5.41, 5.74) is 0. The van der Waals surface area contributed by atoms with Crippen LogP contribution in [0.15, 0.2) is 36.5 Å². The van der Waals surface area contributed by atoms with Crippen molar-refractivity contribution in [2.45, 2.75) is 97.3 Å². The molecule has 3 heteroatoms. The van der Waals surface area contributed by atoms with Gasteiger partial charge in [-0.05, 0) is 32.1 Å². The van der Waals surface area contributed by atoms with E-state index in [1.165, 1.54) is 38.5 Å². The second-order valence-electron chi connectivity index (χ2n) is 7.23. The summed E-state index contributed by atoms with van der Waals surface area (Å²) in [5.74, 6) is -0.0629. The van der Waals surface area contributed by atoms with Crippen molar-refractivity contribution in [3.63, 3.8) is 0 Å². The van der Waals surface area contributed by atoms with Crippen molar-refractivity contribution in [2.75, 3.05) is 19.8 Å². The van der Waals surface area contributed by atoms with Gasteiger partial charge in [-0.2, -0.15) is 0 Å². The van der Waals surface area contributed by atoms with Crippen molar-refractivity contribution in [2.24, 2.45) is 0 Å². The van der Waals surface area contributed by atoms with Crippen LogP contribution in [0, 0.1) is 0 Å². The van der Waals surface area contributed by atoms with Crippen molar-refractivity contribution in [1.29, 1.82) is 0 Å². The van der Waals surface area contributed by atoms with E-state index in [4.69, 9.17) is 9.47 Å². The summed E-state index contributed by atoms with van der Waals surface area (Å²) in [6, 6.07) is 0. The molecular weight excluding hydrogens is 348 g/mol. The predicted molar refractivity (Wildman–Crippen MR) is 121 cm³/mol. The van der Waals surface area contributed by atoms with Crippen LogP contribution >= 0.6 is 0 Å². The Bertz CT molecular complexity index is 410. The summed E-state index contributed by atoms with van der Waals surface area (Å²) in [5, 5.41) is 0. The second kappa shape index (κ2) is 23.7. The van der Waals surface area contributed by atoms with E-state index in [2.05, 4.69) is 50.3 Å². The minimum Gasteiger partial charge on any atom is -0.466 e. The van der Waals surface area contributed by atoms with Gasteiger partial charge in [-0.3, -0.25) is 4.79 Å². The lowest BCUT2D eigenvalue weighted by molar-refractivity contribution is -0.144. The molecule has 0 bridgehead atoms. The van der Waals surface area contributed by atoms with Gasteiger partial charge in [0.25, 0.3) is 0 Å². The van der Waals surface area contributed by atoms with E-state index in [0.29, 0.717) is 19.6 Å². The van der Waals surface area contributed by atoms with Gasteiger partial charge in [0.2, 0.25) is 0 Å². The lowest BCUT2D eigenvalue weighted by Crippen LogP contribution is -2.08. The molecule has 0 N–H and O–H groups in total. The molecule has 0 fully saturated rings. The minimum atomic E-state index is -0.0629. The van der Waals surface area contributed by atoms with Crippen LogP contribution in [0.4, 0.5) is 0 Å². The molecule has 0 aliphatic rings. The number of unbranched alkanes of at least 4 members (excludes halogenated alkanes) is 8. The first-order valence-corrected chi connectivity index (χ1v) is 11.5. The quantitative estimate of drug-likeness (QED) is 0.124. The molecule has 0 saturated heterocycles. The summed E-state index contributed by atoms with van der Waals surface area (Å²) in [6.45, 7) is 6.35. The molecule has 0 unspecified atom stereocenters. The number of allylic oxidation sites excluding steroid dienone is 6.